The van der Waals surface area contributed by atoms with Crippen LogP contribution in [0.15, 0.2) is 96.0 Å². The summed E-state index contributed by atoms with van der Waals surface area (Å²) in [7, 11) is 0. The molecule has 0 amide bonds. The van der Waals surface area contributed by atoms with Gasteiger partial charge in [-0.2, -0.15) is 0 Å². The van der Waals surface area contributed by atoms with Crippen molar-refractivity contribution in [1.29, 1.82) is 0 Å². The largest absolute Gasteiger partial charge is 0.294 e. The van der Waals surface area contributed by atoms with E-state index in [9.17, 15) is 0 Å². The summed E-state index contributed by atoms with van der Waals surface area (Å²) in [6.07, 6.45) is 3.54. The van der Waals surface area contributed by atoms with E-state index in [1.807, 2.05) is 0 Å². The van der Waals surface area contributed by atoms with E-state index in [1.54, 1.807) is 0 Å². The van der Waals surface area contributed by atoms with Crippen molar-refractivity contribution in [2.45, 2.75) is 31.2 Å². The van der Waals surface area contributed by atoms with Crippen molar-refractivity contribution < 1.29 is 0 Å². The second kappa shape index (κ2) is 8.97. The van der Waals surface area contributed by atoms with E-state index in [-0.39, 0.29) is 0 Å². The van der Waals surface area contributed by atoms with Gasteiger partial charge in [0.1, 0.15) is 0 Å². The molecule has 2 heteroatoms. The molecule has 0 N–H and O–H groups in total. The first kappa shape index (κ1) is 19.3. The quantitative estimate of drug-likeness (QED) is 0.532. The zero-order valence-electron chi connectivity index (χ0n) is 17.5. The average Bonchev–Trinajstić information content (AvgIpc) is 2.83. The number of hydrogen-bond acceptors (Lipinski definition) is 2. The maximum Gasteiger partial charge on any atom is 0.0589 e. The second-order valence-corrected chi connectivity index (χ2v) is 8.60. The van der Waals surface area contributed by atoms with Crippen LogP contribution in [0.25, 0.3) is 0 Å². The molecule has 3 aromatic rings. The Bertz CT molecular complexity index is 918. The van der Waals surface area contributed by atoms with E-state index in [2.05, 4.69) is 95.9 Å². The van der Waals surface area contributed by atoms with Gasteiger partial charge in [0.05, 0.1) is 6.04 Å². The van der Waals surface area contributed by atoms with Crippen molar-refractivity contribution in [3.63, 3.8) is 0 Å². The monoisotopic (exact) mass is 394 g/mol. The first-order valence-electron chi connectivity index (χ1n) is 11.3. The number of rotatable bonds is 6. The van der Waals surface area contributed by atoms with E-state index in [1.165, 1.54) is 48.3 Å². The molecule has 0 aromatic heterocycles. The fourth-order valence-electron chi connectivity index (χ4n) is 5.34. The molecule has 152 valence electrons. The van der Waals surface area contributed by atoms with Crippen LogP contribution in [0.1, 0.15) is 35.4 Å². The molecular formula is C28H30N2. The van der Waals surface area contributed by atoms with Gasteiger partial charge in [-0.25, -0.2) is 0 Å². The van der Waals surface area contributed by atoms with Crippen LogP contribution >= 0.6 is 0 Å². The fourth-order valence-corrected chi connectivity index (χ4v) is 5.34. The zero-order valence-corrected chi connectivity index (χ0v) is 17.5. The first-order chi connectivity index (χ1) is 14.9. The summed E-state index contributed by atoms with van der Waals surface area (Å²) in [6, 6.07) is 33.2. The number of fused-ring (bicyclic) bond motifs is 3. The van der Waals surface area contributed by atoms with Crippen molar-refractivity contribution in [1.82, 2.24) is 4.90 Å². The van der Waals surface area contributed by atoms with Crippen LogP contribution in [-0.4, -0.2) is 36.3 Å². The number of aliphatic imine (C=N–C) groups is 1. The highest BCUT2D eigenvalue weighted by molar-refractivity contribution is 5.94. The molecule has 30 heavy (non-hydrogen) atoms. The Morgan fingerprint density at radius 2 is 1.27 bits per heavy atom. The van der Waals surface area contributed by atoms with Gasteiger partial charge < -0.3 is 0 Å². The van der Waals surface area contributed by atoms with Gasteiger partial charge >= 0.3 is 0 Å². The standard InChI is InChI=1S/C28H30N2/c1-4-10-22(11-5-1)16-19-29-27-25-17-20-30(21-18-25)28(27)26(23-12-6-2-7-13-23)24-14-8-3-9-15-24/h1-15,25-26,28H,16-21H2. The Morgan fingerprint density at radius 3 is 1.83 bits per heavy atom. The van der Waals surface area contributed by atoms with Crippen LogP contribution in [0.3, 0.4) is 0 Å². The summed E-state index contributed by atoms with van der Waals surface area (Å²) in [5, 5.41) is 0. The molecule has 1 atom stereocenters. The summed E-state index contributed by atoms with van der Waals surface area (Å²) in [4.78, 5) is 7.99. The summed E-state index contributed by atoms with van der Waals surface area (Å²) >= 11 is 0. The average molecular weight is 395 g/mol. The highest BCUT2D eigenvalue weighted by Gasteiger charge is 2.43. The lowest BCUT2D eigenvalue weighted by molar-refractivity contribution is 0.136. The molecule has 0 saturated carbocycles. The third kappa shape index (κ3) is 3.97. The topological polar surface area (TPSA) is 15.6 Å². The highest BCUT2D eigenvalue weighted by atomic mass is 15.2. The van der Waals surface area contributed by atoms with Crippen molar-refractivity contribution >= 4 is 5.71 Å². The highest BCUT2D eigenvalue weighted by Crippen LogP contribution is 2.40. The Morgan fingerprint density at radius 1 is 0.733 bits per heavy atom. The Balaban J connectivity index is 1.50. The van der Waals surface area contributed by atoms with Gasteiger partial charge in [0.25, 0.3) is 0 Å². The molecule has 3 aromatic carbocycles. The molecule has 2 bridgehead atoms. The van der Waals surface area contributed by atoms with Crippen molar-refractivity contribution in [3.8, 4) is 0 Å². The smallest absolute Gasteiger partial charge is 0.0589 e. The van der Waals surface area contributed by atoms with Gasteiger partial charge in [-0.15, -0.1) is 0 Å². The van der Waals surface area contributed by atoms with E-state index in [0.717, 1.165) is 13.0 Å². The minimum absolute atomic E-state index is 0.339. The molecule has 0 radical (unpaired) electrons. The number of piperidine rings is 3. The normalized spacial score (nSPS) is 24.4. The van der Waals surface area contributed by atoms with Crippen molar-refractivity contribution in [2.75, 3.05) is 19.6 Å². The van der Waals surface area contributed by atoms with E-state index >= 15 is 0 Å². The van der Waals surface area contributed by atoms with Gasteiger partial charge in [-0.3, -0.25) is 9.89 Å². The minimum atomic E-state index is 0.339. The maximum absolute atomic E-state index is 5.29. The molecule has 3 aliphatic heterocycles. The molecule has 3 heterocycles. The maximum atomic E-state index is 5.29. The Hall–Kier alpha value is -2.71. The molecular weight excluding hydrogens is 364 g/mol. The molecule has 1 unspecified atom stereocenters. The van der Waals surface area contributed by atoms with Gasteiger partial charge in [0.15, 0.2) is 0 Å². The predicted molar refractivity (Wildman–Crippen MR) is 125 cm³/mol. The number of hydrogen-bond donors (Lipinski definition) is 0. The molecule has 6 rings (SSSR count). The van der Waals surface area contributed by atoms with Gasteiger partial charge in [-0.1, -0.05) is 91.0 Å². The summed E-state index contributed by atoms with van der Waals surface area (Å²) < 4.78 is 0. The molecule has 2 nitrogen and oxygen atoms in total. The summed E-state index contributed by atoms with van der Waals surface area (Å²) in [5.41, 5.74) is 5.62. The first-order valence-corrected chi connectivity index (χ1v) is 11.3. The molecule has 3 saturated heterocycles. The van der Waals surface area contributed by atoms with Crippen molar-refractivity contribution in [3.05, 3.63) is 108 Å². The number of nitrogens with zero attached hydrogens (tertiary/aromatic N) is 2. The van der Waals surface area contributed by atoms with Crippen LogP contribution < -0.4 is 0 Å². The lowest BCUT2D eigenvalue weighted by Gasteiger charge is -2.49. The minimum Gasteiger partial charge on any atom is -0.294 e. The molecule has 3 fully saturated rings. The summed E-state index contributed by atoms with van der Waals surface area (Å²) in [6.45, 7) is 3.28. The van der Waals surface area contributed by atoms with Crippen LogP contribution in [-0.2, 0) is 6.42 Å². The second-order valence-electron chi connectivity index (χ2n) is 8.60. The third-order valence-electron chi connectivity index (χ3n) is 6.82. The van der Waals surface area contributed by atoms with Gasteiger partial charge in [0.2, 0.25) is 0 Å². The Kier molecular flexibility index (Phi) is 5.76. The lowest BCUT2D eigenvalue weighted by Crippen LogP contribution is -2.58. The van der Waals surface area contributed by atoms with E-state index < -0.39 is 0 Å². The zero-order chi connectivity index (χ0) is 20.2. The van der Waals surface area contributed by atoms with Gasteiger partial charge in [-0.05, 0) is 49.0 Å². The third-order valence-corrected chi connectivity index (χ3v) is 6.82. The lowest BCUT2D eigenvalue weighted by atomic mass is 9.72. The number of benzene rings is 3. The molecule has 0 aliphatic carbocycles. The summed E-state index contributed by atoms with van der Waals surface area (Å²) in [5.74, 6) is 0.983. The SMILES string of the molecule is c1ccc(CCN=C2C3CCN(CC3)C2C(c2ccccc2)c2ccccc2)cc1. The van der Waals surface area contributed by atoms with Crippen LogP contribution in [0.5, 0.6) is 0 Å². The van der Waals surface area contributed by atoms with Crippen LogP contribution in [0, 0.1) is 5.92 Å². The molecule has 3 aliphatic rings. The van der Waals surface area contributed by atoms with E-state index in [4.69, 9.17) is 4.99 Å². The van der Waals surface area contributed by atoms with Gasteiger partial charge in [0, 0.05) is 24.1 Å². The Labute approximate surface area is 180 Å². The predicted octanol–water partition coefficient (Wildman–Crippen LogP) is 5.60. The fraction of sp³-hybridized carbons (Fsp3) is 0.321. The van der Waals surface area contributed by atoms with Crippen LogP contribution in [0.4, 0.5) is 0 Å². The van der Waals surface area contributed by atoms with E-state index in [0.29, 0.717) is 17.9 Å². The van der Waals surface area contributed by atoms with Crippen molar-refractivity contribution in [2.24, 2.45) is 10.9 Å². The molecule has 0 spiro atoms. The van der Waals surface area contributed by atoms with Crippen LogP contribution in [0.2, 0.25) is 0 Å².